The van der Waals surface area contributed by atoms with Crippen LogP contribution in [0, 0.1) is 0 Å². The molecule has 3 N–H and O–H groups in total. The summed E-state index contributed by atoms with van der Waals surface area (Å²) in [5.41, 5.74) is 7.06. The first-order valence-corrected chi connectivity index (χ1v) is 9.92. The molecule has 1 atom stereocenters. The lowest BCUT2D eigenvalue weighted by atomic mass is 10.1. The van der Waals surface area contributed by atoms with Crippen LogP contribution in [-0.2, 0) is 17.6 Å². The van der Waals surface area contributed by atoms with E-state index in [0.717, 1.165) is 35.5 Å². The smallest absolute Gasteiger partial charge is 0.251 e. The predicted molar refractivity (Wildman–Crippen MR) is 108 cm³/mol. The maximum atomic E-state index is 12.6. The third kappa shape index (κ3) is 4.48. The van der Waals surface area contributed by atoms with E-state index in [4.69, 9.17) is 10.5 Å². The monoisotopic (exact) mass is 387 g/mol. The van der Waals surface area contributed by atoms with Crippen molar-refractivity contribution in [2.45, 2.75) is 32.2 Å². The van der Waals surface area contributed by atoms with Crippen LogP contribution < -0.4 is 15.8 Å². The second-order valence-electron chi connectivity index (χ2n) is 6.73. The molecule has 1 aliphatic carbocycles. The van der Waals surface area contributed by atoms with E-state index in [-0.39, 0.29) is 11.9 Å². The highest BCUT2D eigenvalue weighted by molar-refractivity contribution is 7.17. The number of aryl methyl sites for hydroxylation is 1. The normalized spacial score (nSPS) is 14.0. The molecule has 0 radical (unpaired) electrons. The van der Waals surface area contributed by atoms with Crippen LogP contribution in [0.15, 0.2) is 30.3 Å². The number of carbonyl (C=O) groups excluding carboxylic acids is 2. The Hall–Kier alpha value is -2.38. The second-order valence-corrected chi connectivity index (χ2v) is 7.84. The van der Waals surface area contributed by atoms with E-state index in [1.807, 2.05) is 49.2 Å². The standard InChI is InChI=1S/C20H25N3O3S/c1-13(23(2)11-12-26-14-7-4-3-5-8-14)19(25)22-20-17(18(21)24)15-9-6-10-16(15)27-20/h3-5,7-8,13H,6,9-12H2,1-2H3,(H2,21,24)(H,22,25). The summed E-state index contributed by atoms with van der Waals surface area (Å²) in [6.07, 6.45) is 2.84. The van der Waals surface area contributed by atoms with Gasteiger partial charge in [0.15, 0.2) is 0 Å². The summed E-state index contributed by atoms with van der Waals surface area (Å²) < 4.78 is 5.68. The molecule has 27 heavy (non-hydrogen) atoms. The minimum Gasteiger partial charge on any atom is -0.492 e. The van der Waals surface area contributed by atoms with Crippen molar-refractivity contribution < 1.29 is 14.3 Å². The zero-order chi connectivity index (χ0) is 19.4. The molecule has 1 aromatic heterocycles. The zero-order valence-corrected chi connectivity index (χ0v) is 16.5. The number of benzene rings is 1. The maximum Gasteiger partial charge on any atom is 0.251 e. The SMILES string of the molecule is CC(C(=O)Nc1sc2c(c1C(N)=O)CCC2)N(C)CCOc1ccccc1. The number of carbonyl (C=O) groups is 2. The van der Waals surface area contributed by atoms with Gasteiger partial charge in [0.2, 0.25) is 5.91 Å². The van der Waals surface area contributed by atoms with Crippen LogP contribution in [-0.4, -0.2) is 43.0 Å². The van der Waals surface area contributed by atoms with Crippen LogP contribution in [0.2, 0.25) is 0 Å². The van der Waals surface area contributed by atoms with Crippen LogP contribution in [0.4, 0.5) is 5.00 Å². The van der Waals surface area contributed by atoms with E-state index in [0.29, 0.717) is 23.7 Å². The number of nitrogens with two attached hydrogens (primary N) is 1. The lowest BCUT2D eigenvalue weighted by Crippen LogP contribution is -2.41. The summed E-state index contributed by atoms with van der Waals surface area (Å²) in [5.74, 6) is 0.184. The summed E-state index contributed by atoms with van der Waals surface area (Å²) in [4.78, 5) is 27.6. The van der Waals surface area contributed by atoms with Gasteiger partial charge in [-0.15, -0.1) is 11.3 Å². The van der Waals surface area contributed by atoms with E-state index in [2.05, 4.69) is 5.32 Å². The fourth-order valence-corrected chi connectivity index (χ4v) is 4.48. The molecule has 0 saturated heterocycles. The molecular formula is C20H25N3O3S. The Labute approximate surface area is 163 Å². The van der Waals surface area contributed by atoms with Crippen LogP contribution in [0.3, 0.4) is 0 Å². The van der Waals surface area contributed by atoms with Gasteiger partial charge in [-0.05, 0) is 50.9 Å². The number of fused-ring (bicyclic) bond motifs is 1. The fourth-order valence-electron chi connectivity index (χ4n) is 3.19. The van der Waals surface area contributed by atoms with Crippen molar-refractivity contribution in [3.8, 4) is 5.75 Å². The first-order chi connectivity index (χ1) is 13.0. The lowest BCUT2D eigenvalue weighted by molar-refractivity contribution is -0.120. The van der Waals surface area contributed by atoms with Crippen molar-refractivity contribution in [3.63, 3.8) is 0 Å². The molecule has 0 saturated carbocycles. The molecule has 7 heteroatoms. The van der Waals surface area contributed by atoms with Gasteiger partial charge in [0, 0.05) is 11.4 Å². The van der Waals surface area contributed by atoms with Gasteiger partial charge in [-0.1, -0.05) is 18.2 Å². The van der Waals surface area contributed by atoms with Gasteiger partial charge in [0.1, 0.15) is 17.4 Å². The summed E-state index contributed by atoms with van der Waals surface area (Å²) in [5, 5.41) is 3.49. The number of ether oxygens (including phenoxy) is 1. The van der Waals surface area contributed by atoms with Crippen LogP contribution in [0.25, 0.3) is 0 Å². The second kappa shape index (κ2) is 8.54. The number of rotatable bonds is 8. The van der Waals surface area contributed by atoms with Gasteiger partial charge < -0.3 is 15.8 Å². The van der Waals surface area contributed by atoms with Gasteiger partial charge in [0.05, 0.1) is 11.6 Å². The number of nitrogens with one attached hydrogen (secondary N) is 1. The molecule has 144 valence electrons. The quantitative estimate of drug-likeness (QED) is 0.729. The molecule has 6 nitrogen and oxygen atoms in total. The van der Waals surface area contributed by atoms with Gasteiger partial charge in [-0.2, -0.15) is 0 Å². The van der Waals surface area contributed by atoms with E-state index >= 15 is 0 Å². The van der Waals surface area contributed by atoms with Crippen molar-refractivity contribution >= 4 is 28.2 Å². The van der Waals surface area contributed by atoms with Gasteiger partial charge in [-0.25, -0.2) is 0 Å². The Bertz CT molecular complexity index is 819. The van der Waals surface area contributed by atoms with E-state index in [9.17, 15) is 9.59 Å². The Balaban J connectivity index is 1.57. The molecule has 2 aromatic rings. The van der Waals surface area contributed by atoms with E-state index in [1.54, 1.807) is 0 Å². The number of nitrogens with zero attached hydrogens (tertiary/aromatic N) is 1. The van der Waals surface area contributed by atoms with Gasteiger partial charge >= 0.3 is 0 Å². The van der Waals surface area contributed by atoms with Gasteiger partial charge in [0.25, 0.3) is 5.91 Å². The zero-order valence-electron chi connectivity index (χ0n) is 15.7. The molecule has 0 aliphatic heterocycles. The van der Waals surface area contributed by atoms with Crippen LogP contribution in [0.1, 0.15) is 34.1 Å². The summed E-state index contributed by atoms with van der Waals surface area (Å²) in [6, 6.07) is 9.22. The summed E-state index contributed by atoms with van der Waals surface area (Å²) in [6.45, 7) is 2.92. The maximum absolute atomic E-state index is 12.6. The molecular weight excluding hydrogens is 362 g/mol. The first kappa shape index (κ1) is 19.4. The van der Waals surface area contributed by atoms with E-state index < -0.39 is 5.91 Å². The highest BCUT2D eigenvalue weighted by atomic mass is 32.1. The molecule has 1 unspecified atom stereocenters. The van der Waals surface area contributed by atoms with Crippen LogP contribution in [0.5, 0.6) is 5.75 Å². The molecule has 1 aliphatic rings. The number of hydrogen-bond donors (Lipinski definition) is 2. The van der Waals surface area contributed by atoms with Crippen LogP contribution >= 0.6 is 11.3 Å². The highest BCUT2D eigenvalue weighted by Gasteiger charge is 2.27. The molecule has 2 amide bonds. The van der Waals surface area contributed by atoms with Gasteiger partial charge in [-0.3, -0.25) is 14.5 Å². The largest absolute Gasteiger partial charge is 0.492 e. The molecule has 0 fully saturated rings. The van der Waals surface area contributed by atoms with Crippen molar-refractivity contribution in [2.75, 3.05) is 25.5 Å². The number of para-hydroxylation sites is 1. The Morgan fingerprint density at radius 2 is 2.04 bits per heavy atom. The Morgan fingerprint density at radius 1 is 1.30 bits per heavy atom. The van der Waals surface area contributed by atoms with Crippen molar-refractivity contribution in [2.24, 2.45) is 5.73 Å². The summed E-state index contributed by atoms with van der Waals surface area (Å²) >= 11 is 1.47. The Morgan fingerprint density at radius 3 is 2.74 bits per heavy atom. The molecule has 0 bridgehead atoms. The number of thiophene rings is 1. The number of primary amides is 1. The number of amides is 2. The minimum atomic E-state index is -0.470. The average Bonchev–Trinajstić information content (AvgIpc) is 3.22. The van der Waals surface area contributed by atoms with Crippen molar-refractivity contribution in [1.29, 1.82) is 0 Å². The Kier molecular flexibility index (Phi) is 6.13. The minimum absolute atomic E-state index is 0.153. The predicted octanol–water partition coefficient (Wildman–Crippen LogP) is 2.67. The highest BCUT2D eigenvalue weighted by Crippen LogP contribution is 2.38. The third-order valence-electron chi connectivity index (χ3n) is 4.90. The van der Waals surface area contributed by atoms with Crippen molar-refractivity contribution in [3.05, 3.63) is 46.3 Å². The third-order valence-corrected chi connectivity index (χ3v) is 6.11. The average molecular weight is 388 g/mol. The number of hydrogen-bond acceptors (Lipinski definition) is 5. The van der Waals surface area contributed by atoms with E-state index in [1.165, 1.54) is 11.3 Å². The fraction of sp³-hybridized carbons (Fsp3) is 0.400. The summed E-state index contributed by atoms with van der Waals surface area (Å²) in [7, 11) is 1.88. The molecule has 1 aromatic carbocycles. The molecule has 3 rings (SSSR count). The lowest BCUT2D eigenvalue weighted by Gasteiger charge is -2.23. The topological polar surface area (TPSA) is 84.7 Å². The number of anilines is 1. The molecule has 0 spiro atoms. The van der Waals surface area contributed by atoms with Crippen molar-refractivity contribution in [1.82, 2.24) is 4.90 Å². The number of likely N-dealkylation sites (N-methyl/N-ethyl adjacent to an activating group) is 1. The molecule has 1 heterocycles. The first-order valence-electron chi connectivity index (χ1n) is 9.10.